The minimum Gasteiger partial charge on any atom is -0.326 e. The number of nitrogens with zero attached hydrogens (tertiary/aromatic N) is 1. The lowest BCUT2D eigenvalue weighted by atomic mass is 10.2. The number of amides is 2. The van der Waals surface area contributed by atoms with Crippen LogP contribution in [0.15, 0.2) is 60.0 Å². The molecule has 2 N–H and O–H groups in total. The quantitative estimate of drug-likeness (QED) is 0.733. The molecule has 0 saturated heterocycles. The standard InChI is InChI=1S/C18H14FN3O2S/c19-13-8-6-12(7-9-13)17(24)22-18-21-15(11-25-18)10-16(23)20-14-4-2-1-3-5-14/h1-9,11H,10H2,(H,20,23)(H,21,22,24). The first-order chi connectivity index (χ1) is 12.1. The third kappa shape index (κ3) is 4.71. The summed E-state index contributed by atoms with van der Waals surface area (Å²) in [7, 11) is 0. The molecule has 0 aliphatic rings. The van der Waals surface area contributed by atoms with E-state index in [0.717, 1.165) is 0 Å². The number of thiazole rings is 1. The maximum atomic E-state index is 12.9. The Labute approximate surface area is 147 Å². The number of rotatable bonds is 5. The highest BCUT2D eigenvalue weighted by Crippen LogP contribution is 2.17. The van der Waals surface area contributed by atoms with Gasteiger partial charge in [-0.05, 0) is 36.4 Å². The largest absolute Gasteiger partial charge is 0.326 e. The number of halogens is 1. The highest BCUT2D eigenvalue weighted by atomic mass is 32.1. The lowest BCUT2D eigenvalue weighted by Crippen LogP contribution is -2.15. The summed E-state index contributed by atoms with van der Waals surface area (Å²) in [5.41, 5.74) is 1.61. The van der Waals surface area contributed by atoms with Crippen molar-refractivity contribution in [1.82, 2.24) is 4.98 Å². The van der Waals surface area contributed by atoms with Gasteiger partial charge >= 0.3 is 0 Å². The molecule has 0 radical (unpaired) electrons. The van der Waals surface area contributed by atoms with Crippen molar-refractivity contribution in [2.24, 2.45) is 0 Å². The fraction of sp³-hybridized carbons (Fsp3) is 0.0556. The van der Waals surface area contributed by atoms with Crippen LogP contribution >= 0.6 is 11.3 Å². The number of benzene rings is 2. The summed E-state index contributed by atoms with van der Waals surface area (Å²) in [6, 6.07) is 14.4. The van der Waals surface area contributed by atoms with Crippen LogP contribution in [0.4, 0.5) is 15.2 Å². The van der Waals surface area contributed by atoms with Crippen molar-refractivity contribution in [3.63, 3.8) is 0 Å². The number of para-hydroxylation sites is 1. The van der Waals surface area contributed by atoms with E-state index in [2.05, 4.69) is 15.6 Å². The van der Waals surface area contributed by atoms with Crippen molar-refractivity contribution in [1.29, 1.82) is 0 Å². The Kier molecular flexibility index (Phi) is 5.15. The van der Waals surface area contributed by atoms with Crippen LogP contribution in [-0.2, 0) is 11.2 Å². The van der Waals surface area contributed by atoms with Gasteiger partial charge in [-0.1, -0.05) is 18.2 Å². The highest BCUT2D eigenvalue weighted by molar-refractivity contribution is 7.14. The van der Waals surface area contributed by atoms with Crippen LogP contribution < -0.4 is 10.6 Å². The zero-order valence-electron chi connectivity index (χ0n) is 13.0. The molecule has 2 aromatic carbocycles. The van der Waals surface area contributed by atoms with E-state index >= 15 is 0 Å². The molecule has 25 heavy (non-hydrogen) atoms. The molecule has 0 aliphatic carbocycles. The minimum atomic E-state index is -0.405. The molecule has 126 valence electrons. The fourth-order valence-corrected chi connectivity index (χ4v) is 2.81. The van der Waals surface area contributed by atoms with E-state index in [0.29, 0.717) is 22.1 Å². The summed E-state index contributed by atoms with van der Waals surface area (Å²) in [5, 5.41) is 7.51. The van der Waals surface area contributed by atoms with E-state index in [1.807, 2.05) is 18.2 Å². The Hall–Kier alpha value is -3.06. The van der Waals surface area contributed by atoms with Gasteiger partial charge in [0, 0.05) is 16.6 Å². The van der Waals surface area contributed by atoms with Crippen molar-refractivity contribution in [2.75, 3.05) is 10.6 Å². The third-order valence-corrected chi connectivity index (χ3v) is 4.08. The summed E-state index contributed by atoms with van der Waals surface area (Å²) in [6.07, 6.45) is 0.109. The molecule has 0 atom stereocenters. The van der Waals surface area contributed by atoms with Gasteiger partial charge in [-0.15, -0.1) is 11.3 Å². The molecule has 2 amide bonds. The SMILES string of the molecule is O=C(Cc1csc(NC(=O)c2ccc(F)cc2)n1)Nc1ccccc1. The molecule has 3 aromatic rings. The Balaban J connectivity index is 1.57. The fourth-order valence-electron chi connectivity index (χ4n) is 2.11. The second-order valence-electron chi connectivity index (χ2n) is 5.20. The van der Waals surface area contributed by atoms with E-state index in [4.69, 9.17) is 0 Å². The molecule has 3 rings (SSSR count). The third-order valence-electron chi connectivity index (χ3n) is 3.28. The minimum absolute atomic E-state index is 0.109. The Morgan fingerprint density at radius 3 is 2.44 bits per heavy atom. The molecule has 0 fully saturated rings. The van der Waals surface area contributed by atoms with Gasteiger partial charge in [0.25, 0.3) is 5.91 Å². The van der Waals surface area contributed by atoms with Crippen LogP contribution in [0.5, 0.6) is 0 Å². The molecule has 0 saturated carbocycles. The van der Waals surface area contributed by atoms with Gasteiger partial charge in [0.15, 0.2) is 5.13 Å². The monoisotopic (exact) mass is 355 g/mol. The first-order valence-corrected chi connectivity index (χ1v) is 8.34. The zero-order chi connectivity index (χ0) is 17.6. The summed E-state index contributed by atoms with van der Waals surface area (Å²) < 4.78 is 12.9. The first-order valence-electron chi connectivity index (χ1n) is 7.46. The van der Waals surface area contributed by atoms with Gasteiger partial charge in [0.05, 0.1) is 12.1 Å². The lowest BCUT2D eigenvalue weighted by molar-refractivity contribution is -0.115. The summed E-state index contributed by atoms with van der Waals surface area (Å²) in [4.78, 5) is 28.3. The smallest absolute Gasteiger partial charge is 0.257 e. The highest BCUT2D eigenvalue weighted by Gasteiger charge is 2.11. The van der Waals surface area contributed by atoms with Crippen LogP contribution in [0.1, 0.15) is 16.1 Å². The van der Waals surface area contributed by atoms with Gasteiger partial charge < -0.3 is 5.32 Å². The van der Waals surface area contributed by atoms with Gasteiger partial charge in [0.2, 0.25) is 5.91 Å². The van der Waals surface area contributed by atoms with E-state index in [1.165, 1.54) is 35.6 Å². The van der Waals surface area contributed by atoms with Crippen LogP contribution in [0.3, 0.4) is 0 Å². The van der Waals surface area contributed by atoms with Crippen LogP contribution in [0.25, 0.3) is 0 Å². The van der Waals surface area contributed by atoms with Crippen LogP contribution in [0, 0.1) is 5.82 Å². The van der Waals surface area contributed by atoms with Crippen molar-refractivity contribution in [3.8, 4) is 0 Å². The van der Waals surface area contributed by atoms with E-state index < -0.39 is 5.82 Å². The molecule has 1 aromatic heterocycles. The van der Waals surface area contributed by atoms with E-state index in [9.17, 15) is 14.0 Å². The molecule has 7 heteroatoms. The molecule has 0 aliphatic heterocycles. The van der Waals surface area contributed by atoms with Crippen molar-refractivity contribution in [2.45, 2.75) is 6.42 Å². The number of hydrogen-bond acceptors (Lipinski definition) is 4. The number of hydrogen-bond donors (Lipinski definition) is 2. The van der Waals surface area contributed by atoms with Gasteiger partial charge in [-0.25, -0.2) is 9.37 Å². The Bertz CT molecular complexity index is 879. The number of nitrogens with one attached hydrogen (secondary N) is 2. The molecule has 1 heterocycles. The second-order valence-corrected chi connectivity index (χ2v) is 6.05. The van der Waals surface area contributed by atoms with E-state index in [1.54, 1.807) is 17.5 Å². The summed E-state index contributed by atoms with van der Waals surface area (Å²) >= 11 is 1.23. The molecule has 5 nitrogen and oxygen atoms in total. The van der Waals surface area contributed by atoms with E-state index in [-0.39, 0.29) is 18.2 Å². The maximum Gasteiger partial charge on any atom is 0.257 e. The average molecular weight is 355 g/mol. The second kappa shape index (κ2) is 7.67. The maximum absolute atomic E-state index is 12.9. The van der Waals surface area contributed by atoms with Crippen LogP contribution in [0.2, 0.25) is 0 Å². The van der Waals surface area contributed by atoms with Crippen molar-refractivity contribution >= 4 is 34.0 Å². The molecule has 0 spiro atoms. The van der Waals surface area contributed by atoms with Crippen LogP contribution in [-0.4, -0.2) is 16.8 Å². The zero-order valence-corrected chi connectivity index (χ0v) is 13.8. The van der Waals surface area contributed by atoms with Gasteiger partial charge in [-0.2, -0.15) is 0 Å². The topological polar surface area (TPSA) is 71.1 Å². The molecular formula is C18H14FN3O2S. The number of carbonyl (C=O) groups is 2. The van der Waals surface area contributed by atoms with Crippen molar-refractivity contribution in [3.05, 3.63) is 77.1 Å². The van der Waals surface area contributed by atoms with Gasteiger partial charge in [-0.3, -0.25) is 14.9 Å². The predicted octanol–water partition coefficient (Wildman–Crippen LogP) is 3.72. The van der Waals surface area contributed by atoms with Gasteiger partial charge in [0.1, 0.15) is 5.82 Å². The van der Waals surface area contributed by atoms with Crippen molar-refractivity contribution < 1.29 is 14.0 Å². The first kappa shape index (κ1) is 16.8. The number of anilines is 2. The Morgan fingerprint density at radius 2 is 1.72 bits per heavy atom. The number of carbonyl (C=O) groups excluding carboxylic acids is 2. The Morgan fingerprint density at radius 1 is 1.00 bits per heavy atom. The number of aromatic nitrogens is 1. The molecule has 0 unspecified atom stereocenters. The normalized spacial score (nSPS) is 10.3. The lowest BCUT2D eigenvalue weighted by Gasteiger charge is -2.03. The molecule has 0 bridgehead atoms. The molecular weight excluding hydrogens is 341 g/mol. The average Bonchev–Trinajstić information content (AvgIpc) is 3.03. The predicted molar refractivity (Wildman–Crippen MR) is 95.2 cm³/mol. The summed E-state index contributed by atoms with van der Waals surface area (Å²) in [6.45, 7) is 0. The summed E-state index contributed by atoms with van der Waals surface area (Å²) in [5.74, 6) is -0.972.